The lowest BCUT2D eigenvalue weighted by molar-refractivity contribution is -0.113. The number of hydrogen-bond donors (Lipinski definition) is 4. The molecule has 0 bridgehead atoms. The zero-order chi connectivity index (χ0) is 22.5. The van der Waals surface area contributed by atoms with Crippen molar-refractivity contribution in [3.05, 3.63) is 50.9 Å². The normalized spacial score (nSPS) is 12.9. The Morgan fingerprint density at radius 1 is 1.19 bits per heavy atom. The molecular weight excluding hydrogens is 446 g/mol. The average Bonchev–Trinajstić information content (AvgIpc) is 3.13. The summed E-state index contributed by atoms with van der Waals surface area (Å²) in [6.07, 6.45) is 4.27. The number of amides is 3. The second-order valence-electron chi connectivity index (χ2n) is 7.51. The lowest BCUT2D eigenvalue weighted by Gasteiger charge is -2.09. The van der Waals surface area contributed by atoms with Crippen molar-refractivity contribution in [1.29, 1.82) is 0 Å². The van der Waals surface area contributed by atoms with Crippen LogP contribution in [0.15, 0.2) is 29.1 Å². The van der Waals surface area contributed by atoms with E-state index in [1.165, 1.54) is 28.6 Å². The molecule has 1 aliphatic carbocycles. The van der Waals surface area contributed by atoms with E-state index in [2.05, 4.69) is 25.9 Å². The molecule has 3 amide bonds. The molecule has 4 rings (SSSR count). The van der Waals surface area contributed by atoms with Gasteiger partial charge in [-0.3, -0.25) is 9.59 Å². The molecule has 168 valence electrons. The Labute approximate surface area is 193 Å². The molecule has 3 aromatic rings. The van der Waals surface area contributed by atoms with Gasteiger partial charge in [-0.25, -0.2) is 9.78 Å². The number of aryl methyl sites for hydroxylation is 2. The Kier molecular flexibility index (Phi) is 7.11. The molecule has 0 atom stereocenters. The fraction of sp³-hybridized carbons (Fsp3) is 0.364. The lowest BCUT2D eigenvalue weighted by Crippen LogP contribution is -2.28. The molecule has 4 N–H and O–H groups in total. The van der Waals surface area contributed by atoms with Crippen LogP contribution in [0, 0.1) is 0 Å². The minimum Gasteiger partial charge on any atom is -0.338 e. The zero-order valence-corrected chi connectivity index (χ0v) is 19.4. The van der Waals surface area contributed by atoms with Crippen molar-refractivity contribution in [3.8, 4) is 0 Å². The molecule has 0 saturated heterocycles. The number of aromatic nitrogens is 2. The standard InChI is InChI=1S/C22H25N5O3S2/c1-2-23-22(30)25-14-7-5-6-13(10-14)24-18(28)12-31-11-17-26-20(29)19-15-8-3-4-9-16(15)32-21(19)27-17/h5-7,10H,2-4,8-9,11-12H2,1H3,(H,24,28)(H2,23,25,30)(H,26,27,29). The van der Waals surface area contributed by atoms with Gasteiger partial charge < -0.3 is 20.9 Å². The molecule has 1 aliphatic rings. The Morgan fingerprint density at radius 3 is 2.78 bits per heavy atom. The number of nitrogens with zero attached hydrogens (tertiary/aromatic N) is 1. The number of thioether (sulfide) groups is 1. The van der Waals surface area contributed by atoms with Crippen molar-refractivity contribution in [2.45, 2.75) is 38.4 Å². The van der Waals surface area contributed by atoms with Crippen molar-refractivity contribution in [3.63, 3.8) is 0 Å². The number of nitrogens with one attached hydrogen (secondary N) is 4. The first-order chi connectivity index (χ1) is 15.5. The van der Waals surface area contributed by atoms with Crippen LogP contribution in [0.1, 0.15) is 36.0 Å². The van der Waals surface area contributed by atoms with Gasteiger partial charge in [0.05, 0.1) is 16.9 Å². The number of carbonyl (C=O) groups is 2. The van der Waals surface area contributed by atoms with E-state index in [0.717, 1.165) is 29.5 Å². The van der Waals surface area contributed by atoms with Gasteiger partial charge in [0.15, 0.2) is 0 Å². The fourth-order valence-electron chi connectivity index (χ4n) is 3.72. The van der Waals surface area contributed by atoms with E-state index in [0.29, 0.717) is 29.5 Å². The Hall–Kier alpha value is -2.85. The van der Waals surface area contributed by atoms with Gasteiger partial charge in [-0.1, -0.05) is 6.07 Å². The number of urea groups is 1. The van der Waals surface area contributed by atoms with Crippen LogP contribution >= 0.6 is 23.1 Å². The van der Waals surface area contributed by atoms with Gasteiger partial charge in [-0.15, -0.1) is 23.1 Å². The molecule has 0 spiro atoms. The van der Waals surface area contributed by atoms with Crippen molar-refractivity contribution >= 4 is 56.6 Å². The summed E-state index contributed by atoms with van der Waals surface area (Å²) < 4.78 is 0. The molecular formula is C22H25N5O3S2. The van der Waals surface area contributed by atoms with Gasteiger partial charge >= 0.3 is 6.03 Å². The number of rotatable bonds is 7. The molecule has 2 heterocycles. The first kappa shape index (κ1) is 22.3. The maximum absolute atomic E-state index is 12.6. The SMILES string of the molecule is CCNC(=O)Nc1cccc(NC(=O)CSCc2nc3sc4c(c3c(=O)[nH]2)CCCC4)c1. The number of fused-ring (bicyclic) bond motifs is 3. The fourth-order valence-corrected chi connectivity index (χ4v) is 5.70. The monoisotopic (exact) mass is 471 g/mol. The largest absolute Gasteiger partial charge is 0.338 e. The first-order valence-electron chi connectivity index (χ1n) is 10.6. The highest BCUT2D eigenvalue weighted by Crippen LogP contribution is 2.33. The summed E-state index contributed by atoms with van der Waals surface area (Å²) in [4.78, 5) is 46.2. The van der Waals surface area contributed by atoms with E-state index in [-0.39, 0.29) is 23.3 Å². The molecule has 0 saturated carbocycles. The number of carbonyl (C=O) groups excluding carboxylic acids is 2. The van der Waals surface area contributed by atoms with Gasteiger partial charge in [0, 0.05) is 22.8 Å². The second-order valence-corrected chi connectivity index (χ2v) is 9.58. The number of H-pyrrole nitrogens is 1. The minimum atomic E-state index is -0.295. The Morgan fingerprint density at radius 2 is 1.97 bits per heavy atom. The molecule has 0 radical (unpaired) electrons. The second kappa shape index (κ2) is 10.2. The van der Waals surface area contributed by atoms with Crippen molar-refractivity contribution in [2.24, 2.45) is 0 Å². The number of benzene rings is 1. The maximum Gasteiger partial charge on any atom is 0.319 e. The Balaban J connectivity index is 1.33. The van der Waals surface area contributed by atoms with Crippen LogP contribution in [-0.4, -0.2) is 34.2 Å². The molecule has 0 unspecified atom stereocenters. The number of aromatic amines is 1. The number of hydrogen-bond acceptors (Lipinski definition) is 6. The van der Waals surface area contributed by atoms with Crippen LogP contribution in [0.4, 0.5) is 16.2 Å². The Bertz CT molecular complexity index is 1200. The topological polar surface area (TPSA) is 116 Å². The number of thiophene rings is 1. The summed E-state index contributed by atoms with van der Waals surface area (Å²) >= 11 is 3.01. The third-order valence-electron chi connectivity index (χ3n) is 5.09. The first-order valence-corrected chi connectivity index (χ1v) is 12.6. The molecule has 10 heteroatoms. The molecule has 0 fully saturated rings. The van der Waals surface area contributed by atoms with Crippen molar-refractivity contribution in [1.82, 2.24) is 15.3 Å². The molecule has 1 aromatic carbocycles. The maximum atomic E-state index is 12.6. The van der Waals surface area contributed by atoms with Gasteiger partial charge in [0.2, 0.25) is 5.91 Å². The van der Waals surface area contributed by atoms with E-state index in [1.54, 1.807) is 35.6 Å². The predicted molar refractivity (Wildman–Crippen MR) is 131 cm³/mol. The third-order valence-corrected chi connectivity index (χ3v) is 7.22. The van der Waals surface area contributed by atoms with Crippen LogP contribution in [0.25, 0.3) is 10.2 Å². The summed E-state index contributed by atoms with van der Waals surface area (Å²) in [6.45, 7) is 2.37. The highest BCUT2D eigenvalue weighted by Gasteiger charge is 2.19. The van der Waals surface area contributed by atoms with Crippen LogP contribution in [0.3, 0.4) is 0 Å². The summed E-state index contributed by atoms with van der Waals surface area (Å²) in [6, 6.07) is 6.67. The van der Waals surface area contributed by atoms with Crippen LogP contribution in [0.5, 0.6) is 0 Å². The van der Waals surface area contributed by atoms with Gasteiger partial charge in [-0.2, -0.15) is 0 Å². The van der Waals surface area contributed by atoms with E-state index in [9.17, 15) is 14.4 Å². The van der Waals surface area contributed by atoms with E-state index >= 15 is 0 Å². The predicted octanol–water partition coefficient (Wildman–Crippen LogP) is 3.88. The quantitative estimate of drug-likeness (QED) is 0.417. The zero-order valence-electron chi connectivity index (χ0n) is 17.7. The summed E-state index contributed by atoms with van der Waals surface area (Å²) in [7, 11) is 0. The summed E-state index contributed by atoms with van der Waals surface area (Å²) in [5.74, 6) is 1.09. The third kappa shape index (κ3) is 5.31. The van der Waals surface area contributed by atoms with Gasteiger partial charge in [0.25, 0.3) is 5.56 Å². The summed E-state index contributed by atoms with van der Waals surface area (Å²) in [5.41, 5.74) is 2.29. The van der Waals surface area contributed by atoms with Crippen LogP contribution < -0.4 is 21.5 Å². The van der Waals surface area contributed by atoms with Crippen LogP contribution in [0.2, 0.25) is 0 Å². The molecule has 32 heavy (non-hydrogen) atoms. The van der Waals surface area contributed by atoms with E-state index in [1.807, 2.05) is 6.92 Å². The van der Waals surface area contributed by atoms with E-state index in [4.69, 9.17) is 0 Å². The van der Waals surface area contributed by atoms with E-state index < -0.39 is 0 Å². The minimum absolute atomic E-state index is 0.0779. The van der Waals surface area contributed by atoms with Gasteiger partial charge in [0.1, 0.15) is 10.7 Å². The lowest BCUT2D eigenvalue weighted by atomic mass is 9.97. The number of anilines is 2. The summed E-state index contributed by atoms with van der Waals surface area (Å²) in [5, 5.41) is 8.94. The molecule has 0 aliphatic heterocycles. The average molecular weight is 472 g/mol. The molecule has 2 aromatic heterocycles. The van der Waals surface area contributed by atoms with Crippen LogP contribution in [-0.2, 0) is 23.4 Å². The highest BCUT2D eigenvalue weighted by molar-refractivity contribution is 7.99. The van der Waals surface area contributed by atoms with Crippen molar-refractivity contribution in [2.75, 3.05) is 22.9 Å². The molecule has 8 nitrogen and oxygen atoms in total. The van der Waals surface area contributed by atoms with Gasteiger partial charge in [-0.05, 0) is 56.4 Å². The smallest absolute Gasteiger partial charge is 0.319 e. The van der Waals surface area contributed by atoms with Crippen molar-refractivity contribution < 1.29 is 9.59 Å². The highest BCUT2D eigenvalue weighted by atomic mass is 32.2.